The Bertz CT molecular complexity index is 942. The van der Waals surface area contributed by atoms with Gasteiger partial charge >= 0.3 is 0 Å². The Morgan fingerprint density at radius 3 is 2.47 bits per heavy atom. The average molecular weight is 436 g/mol. The molecule has 1 saturated heterocycles. The molecule has 1 aliphatic heterocycles. The predicted molar refractivity (Wildman–Crippen MR) is 113 cm³/mol. The van der Waals surface area contributed by atoms with Crippen molar-refractivity contribution in [2.75, 3.05) is 18.8 Å². The van der Waals surface area contributed by atoms with Gasteiger partial charge in [-0.15, -0.1) is 0 Å². The third-order valence-electron chi connectivity index (χ3n) is 5.33. The van der Waals surface area contributed by atoms with Gasteiger partial charge in [0.2, 0.25) is 10.0 Å². The second-order valence-corrected chi connectivity index (χ2v) is 9.67. The molecule has 30 heavy (non-hydrogen) atoms. The summed E-state index contributed by atoms with van der Waals surface area (Å²) < 4.78 is 36.7. The zero-order valence-electron chi connectivity index (χ0n) is 17.7. The molecule has 0 saturated carbocycles. The van der Waals surface area contributed by atoms with Gasteiger partial charge in [-0.2, -0.15) is 0 Å². The minimum absolute atomic E-state index is 0.0268. The van der Waals surface area contributed by atoms with Crippen LogP contribution in [0.3, 0.4) is 0 Å². The lowest BCUT2D eigenvalue weighted by Crippen LogP contribution is -2.47. The van der Waals surface area contributed by atoms with E-state index in [1.54, 1.807) is 24.3 Å². The Kier molecular flexibility index (Phi) is 7.14. The first-order valence-corrected chi connectivity index (χ1v) is 11.8. The molecule has 9 heteroatoms. The van der Waals surface area contributed by atoms with E-state index >= 15 is 0 Å². The number of sulfonamides is 1. The summed E-state index contributed by atoms with van der Waals surface area (Å²) in [5, 5.41) is 6.91. The van der Waals surface area contributed by atoms with Crippen molar-refractivity contribution >= 4 is 15.9 Å². The van der Waals surface area contributed by atoms with Crippen LogP contribution < -0.4 is 10.1 Å². The maximum atomic E-state index is 12.5. The number of carbonyl (C=O) groups is 1. The number of amides is 1. The summed E-state index contributed by atoms with van der Waals surface area (Å²) in [5.41, 5.74) is 2.27. The Morgan fingerprint density at radius 2 is 1.90 bits per heavy atom. The Morgan fingerprint density at radius 1 is 1.23 bits per heavy atom. The van der Waals surface area contributed by atoms with E-state index in [0.29, 0.717) is 50.3 Å². The molecule has 2 aromatic rings. The molecule has 0 spiro atoms. The van der Waals surface area contributed by atoms with Gasteiger partial charge in [0, 0.05) is 24.7 Å². The zero-order valence-corrected chi connectivity index (χ0v) is 18.5. The SMILES string of the molecule is CCCS(=O)(=O)N1CCC(NC(=O)c2ccc(OCc3c(C)noc3C)cc2)CC1. The van der Waals surface area contributed by atoms with Gasteiger partial charge in [0.15, 0.2) is 0 Å². The average Bonchev–Trinajstić information content (AvgIpc) is 3.04. The molecule has 1 aliphatic rings. The summed E-state index contributed by atoms with van der Waals surface area (Å²) in [4.78, 5) is 12.5. The molecule has 1 aromatic heterocycles. The minimum atomic E-state index is -3.17. The molecule has 0 aliphatic carbocycles. The van der Waals surface area contributed by atoms with Crippen molar-refractivity contribution in [2.45, 2.75) is 52.7 Å². The lowest BCUT2D eigenvalue weighted by Gasteiger charge is -2.31. The highest BCUT2D eigenvalue weighted by atomic mass is 32.2. The van der Waals surface area contributed by atoms with Crippen LogP contribution in [0.2, 0.25) is 0 Å². The van der Waals surface area contributed by atoms with Crippen LogP contribution in [0.4, 0.5) is 0 Å². The summed E-state index contributed by atoms with van der Waals surface area (Å²) in [6, 6.07) is 6.93. The monoisotopic (exact) mass is 435 g/mol. The molecule has 1 aromatic carbocycles. The number of aryl methyl sites for hydroxylation is 2. The van der Waals surface area contributed by atoms with Gasteiger partial charge < -0.3 is 14.6 Å². The number of aromatic nitrogens is 1. The van der Waals surface area contributed by atoms with Gasteiger partial charge in [-0.05, 0) is 57.4 Å². The van der Waals surface area contributed by atoms with Crippen molar-refractivity contribution in [2.24, 2.45) is 0 Å². The van der Waals surface area contributed by atoms with Crippen molar-refractivity contribution in [1.82, 2.24) is 14.8 Å². The molecule has 2 heterocycles. The van der Waals surface area contributed by atoms with E-state index < -0.39 is 10.0 Å². The van der Waals surface area contributed by atoms with E-state index in [0.717, 1.165) is 17.0 Å². The standard InChI is InChI=1S/C21H29N3O5S/c1-4-13-30(26,27)24-11-9-18(10-12-24)22-21(25)17-5-7-19(8-6-17)28-14-20-15(2)23-29-16(20)3/h5-8,18H,4,9-14H2,1-3H3,(H,22,25). The second kappa shape index (κ2) is 9.61. The molecule has 1 N–H and O–H groups in total. The molecular weight excluding hydrogens is 406 g/mol. The van der Waals surface area contributed by atoms with Crippen molar-refractivity contribution in [3.8, 4) is 5.75 Å². The van der Waals surface area contributed by atoms with Crippen LogP contribution in [0.5, 0.6) is 5.75 Å². The van der Waals surface area contributed by atoms with Gasteiger partial charge in [0.05, 0.1) is 17.0 Å². The largest absolute Gasteiger partial charge is 0.489 e. The van der Waals surface area contributed by atoms with Gasteiger partial charge in [-0.3, -0.25) is 4.79 Å². The summed E-state index contributed by atoms with van der Waals surface area (Å²) in [6.45, 7) is 6.81. The van der Waals surface area contributed by atoms with Crippen molar-refractivity contribution in [3.05, 3.63) is 46.8 Å². The predicted octanol–water partition coefficient (Wildman–Crippen LogP) is 2.80. The fraction of sp³-hybridized carbons (Fsp3) is 0.524. The number of piperidine rings is 1. The smallest absolute Gasteiger partial charge is 0.251 e. The molecule has 0 atom stereocenters. The molecule has 1 amide bonds. The molecular formula is C21H29N3O5S. The van der Waals surface area contributed by atoms with Crippen molar-refractivity contribution in [1.29, 1.82) is 0 Å². The number of rotatable bonds is 8. The summed E-state index contributed by atoms with van der Waals surface area (Å²) >= 11 is 0. The number of ether oxygens (including phenoxy) is 1. The van der Waals surface area contributed by atoms with Crippen LogP contribution in [0.15, 0.2) is 28.8 Å². The van der Waals surface area contributed by atoms with Crippen LogP contribution in [-0.4, -0.2) is 48.7 Å². The van der Waals surface area contributed by atoms with Crippen LogP contribution in [0, 0.1) is 13.8 Å². The number of hydrogen-bond donors (Lipinski definition) is 1. The number of hydrogen-bond acceptors (Lipinski definition) is 6. The second-order valence-electron chi connectivity index (χ2n) is 7.58. The summed E-state index contributed by atoms with van der Waals surface area (Å²) in [6.07, 6.45) is 1.84. The van der Waals surface area contributed by atoms with Crippen LogP contribution in [0.25, 0.3) is 0 Å². The van der Waals surface area contributed by atoms with E-state index in [1.807, 2.05) is 20.8 Å². The summed E-state index contributed by atoms with van der Waals surface area (Å²) in [7, 11) is -3.17. The number of nitrogens with zero attached hydrogens (tertiary/aromatic N) is 2. The summed E-state index contributed by atoms with van der Waals surface area (Å²) in [5.74, 6) is 1.40. The molecule has 0 unspecified atom stereocenters. The van der Waals surface area contributed by atoms with Gasteiger partial charge in [0.1, 0.15) is 18.1 Å². The first-order chi connectivity index (χ1) is 14.3. The van der Waals surface area contributed by atoms with E-state index in [1.165, 1.54) is 4.31 Å². The fourth-order valence-electron chi connectivity index (χ4n) is 3.50. The Hall–Kier alpha value is -2.39. The van der Waals surface area contributed by atoms with Gasteiger partial charge in [-0.25, -0.2) is 12.7 Å². The van der Waals surface area contributed by atoms with Crippen LogP contribution >= 0.6 is 0 Å². The quantitative estimate of drug-likeness (QED) is 0.684. The Balaban J connectivity index is 1.49. The first kappa shape index (κ1) is 22.3. The van der Waals surface area contributed by atoms with Gasteiger partial charge in [0.25, 0.3) is 5.91 Å². The highest BCUT2D eigenvalue weighted by Crippen LogP contribution is 2.19. The van der Waals surface area contributed by atoms with Gasteiger partial charge in [-0.1, -0.05) is 12.1 Å². The minimum Gasteiger partial charge on any atom is -0.489 e. The highest BCUT2D eigenvalue weighted by molar-refractivity contribution is 7.89. The molecule has 8 nitrogen and oxygen atoms in total. The third kappa shape index (κ3) is 5.40. The normalized spacial score (nSPS) is 15.8. The van der Waals surface area contributed by atoms with E-state index in [2.05, 4.69) is 10.5 Å². The number of nitrogens with one attached hydrogen (secondary N) is 1. The highest BCUT2D eigenvalue weighted by Gasteiger charge is 2.28. The first-order valence-electron chi connectivity index (χ1n) is 10.2. The van der Waals surface area contributed by atoms with E-state index in [-0.39, 0.29) is 17.7 Å². The Labute approximate surface area is 177 Å². The zero-order chi connectivity index (χ0) is 21.7. The fourth-order valence-corrected chi connectivity index (χ4v) is 5.04. The number of carbonyl (C=O) groups excluding carboxylic acids is 1. The molecule has 3 rings (SSSR count). The molecule has 1 fully saturated rings. The van der Waals surface area contributed by atoms with E-state index in [4.69, 9.17) is 9.26 Å². The topological polar surface area (TPSA) is 102 Å². The maximum absolute atomic E-state index is 12.5. The van der Waals surface area contributed by atoms with Crippen LogP contribution in [-0.2, 0) is 16.6 Å². The molecule has 164 valence electrons. The lowest BCUT2D eigenvalue weighted by atomic mass is 10.1. The lowest BCUT2D eigenvalue weighted by molar-refractivity contribution is 0.0924. The maximum Gasteiger partial charge on any atom is 0.251 e. The molecule has 0 bridgehead atoms. The van der Waals surface area contributed by atoms with Crippen LogP contribution in [0.1, 0.15) is 53.6 Å². The number of benzene rings is 1. The van der Waals surface area contributed by atoms with Crippen molar-refractivity contribution < 1.29 is 22.5 Å². The third-order valence-corrected chi connectivity index (χ3v) is 7.40. The molecule has 0 radical (unpaired) electrons. The van der Waals surface area contributed by atoms with E-state index in [9.17, 15) is 13.2 Å². The van der Waals surface area contributed by atoms with Crippen molar-refractivity contribution in [3.63, 3.8) is 0 Å².